The van der Waals surface area contributed by atoms with E-state index in [0.29, 0.717) is 40.3 Å². The number of fused-ring (bicyclic) bond motifs is 1. The number of hydrogen-bond acceptors (Lipinski definition) is 7. The first kappa shape index (κ1) is 29.8. The average Bonchev–Trinajstić information content (AvgIpc) is 3.05. The summed E-state index contributed by atoms with van der Waals surface area (Å²) >= 11 is 6.76. The molecule has 1 saturated heterocycles. The highest BCUT2D eigenvalue weighted by atomic mass is 35.5. The number of nitrogens with one attached hydrogen (secondary N) is 1. The SMILES string of the molecule is CCc1ccc(-c2ccc(-c3cc4cnc(Nc5ccc(N6CCN(C(C)C)CC6)cc5)nc4n(CC)c3=O)c(Cl)c2)nc1. The molecule has 5 aromatic rings. The van der Waals surface area contributed by atoms with Gasteiger partial charge < -0.3 is 10.2 Å². The molecule has 1 aliphatic rings. The largest absolute Gasteiger partial charge is 0.369 e. The van der Waals surface area contributed by atoms with Crippen molar-refractivity contribution in [3.05, 3.63) is 94.0 Å². The first-order valence-corrected chi connectivity index (χ1v) is 15.7. The van der Waals surface area contributed by atoms with Crippen LogP contribution >= 0.6 is 11.6 Å². The molecule has 0 saturated carbocycles. The lowest BCUT2D eigenvalue weighted by Gasteiger charge is -2.38. The molecule has 0 bridgehead atoms. The third-order valence-corrected chi connectivity index (χ3v) is 8.78. The van der Waals surface area contributed by atoms with Gasteiger partial charge in [0.25, 0.3) is 5.56 Å². The zero-order chi connectivity index (χ0) is 30.8. The van der Waals surface area contributed by atoms with Gasteiger partial charge >= 0.3 is 0 Å². The zero-order valence-corrected chi connectivity index (χ0v) is 26.5. The number of benzene rings is 2. The molecular formula is C35H38ClN7O. The van der Waals surface area contributed by atoms with Gasteiger partial charge in [0.05, 0.1) is 5.69 Å². The molecule has 1 N–H and O–H groups in total. The van der Waals surface area contributed by atoms with Crippen molar-refractivity contribution in [1.82, 2.24) is 24.4 Å². The van der Waals surface area contributed by atoms with Crippen molar-refractivity contribution in [1.29, 1.82) is 0 Å². The van der Waals surface area contributed by atoms with Crippen LogP contribution in [0, 0.1) is 0 Å². The minimum absolute atomic E-state index is 0.147. The molecule has 44 heavy (non-hydrogen) atoms. The van der Waals surface area contributed by atoms with Gasteiger partial charge in [0.2, 0.25) is 5.95 Å². The van der Waals surface area contributed by atoms with Crippen LogP contribution in [-0.2, 0) is 13.0 Å². The van der Waals surface area contributed by atoms with Crippen molar-refractivity contribution in [3.63, 3.8) is 0 Å². The first-order valence-electron chi connectivity index (χ1n) is 15.4. The van der Waals surface area contributed by atoms with Gasteiger partial charge in [0, 0.05) is 89.6 Å². The molecule has 0 amide bonds. The molecule has 3 aromatic heterocycles. The lowest BCUT2D eigenvalue weighted by Crippen LogP contribution is -2.48. The minimum Gasteiger partial charge on any atom is -0.369 e. The fraction of sp³-hybridized carbons (Fsp3) is 0.314. The summed E-state index contributed by atoms with van der Waals surface area (Å²) in [5.74, 6) is 0.439. The third-order valence-electron chi connectivity index (χ3n) is 8.46. The van der Waals surface area contributed by atoms with Crippen molar-refractivity contribution >= 4 is 40.0 Å². The fourth-order valence-corrected chi connectivity index (χ4v) is 6.07. The lowest BCUT2D eigenvalue weighted by atomic mass is 10.0. The molecule has 6 rings (SSSR count). The highest BCUT2D eigenvalue weighted by Crippen LogP contribution is 2.32. The maximum Gasteiger partial charge on any atom is 0.260 e. The number of piperazine rings is 1. The monoisotopic (exact) mass is 607 g/mol. The summed E-state index contributed by atoms with van der Waals surface area (Å²) in [6.45, 7) is 13.2. The fourth-order valence-electron chi connectivity index (χ4n) is 5.78. The predicted molar refractivity (Wildman–Crippen MR) is 181 cm³/mol. The maximum atomic E-state index is 13.7. The summed E-state index contributed by atoms with van der Waals surface area (Å²) in [6, 6.07) is 20.6. The van der Waals surface area contributed by atoms with E-state index in [1.165, 1.54) is 11.3 Å². The molecule has 4 heterocycles. The summed E-state index contributed by atoms with van der Waals surface area (Å²) in [6.07, 6.45) is 4.57. The standard InChI is InChI=1S/C35H38ClN7O/c1-5-24-7-14-32(37-21-24)25-8-13-29(31(36)20-25)30-19-26-22-38-35(40-33(26)43(6-2)34(30)44)39-27-9-11-28(12-10-27)42-17-15-41(16-18-42)23(3)4/h7-14,19-23H,5-6,15-18H2,1-4H3,(H,38,39,40). The van der Waals surface area contributed by atoms with Gasteiger partial charge in [0.1, 0.15) is 5.65 Å². The summed E-state index contributed by atoms with van der Waals surface area (Å²) in [5.41, 5.74) is 6.63. The molecule has 0 atom stereocenters. The first-order chi connectivity index (χ1) is 21.3. The number of hydrogen-bond donors (Lipinski definition) is 1. The van der Waals surface area contributed by atoms with E-state index in [2.05, 4.69) is 64.1 Å². The van der Waals surface area contributed by atoms with Crippen molar-refractivity contribution in [2.75, 3.05) is 36.4 Å². The molecule has 0 unspecified atom stereocenters. The smallest absolute Gasteiger partial charge is 0.260 e. The number of halogens is 1. The summed E-state index contributed by atoms with van der Waals surface area (Å²) in [5, 5.41) is 4.57. The van der Waals surface area contributed by atoms with E-state index in [1.54, 1.807) is 10.8 Å². The Morgan fingerprint density at radius 1 is 0.886 bits per heavy atom. The second-order valence-corrected chi connectivity index (χ2v) is 11.9. The summed E-state index contributed by atoms with van der Waals surface area (Å²) in [7, 11) is 0. The number of anilines is 3. The molecule has 0 radical (unpaired) electrons. The Labute approximate surface area is 263 Å². The van der Waals surface area contributed by atoms with Crippen molar-refractivity contribution < 1.29 is 0 Å². The predicted octanol–water partition coefficient (Wildman–Crippen LogP) is 7.03. The van der Waals surface area contributed by atoms with Gasteiger partial charge in [-0.3, -0.25) is 19.2 Å². The molecule has 2 aromatic carbocycles. The van der Waals surface area contributed by atoms with Crippen molar-refractivity contribution in [3.8, 4) is 22.4 Å². The van der Waals surface area contributed by atoms with Gasteiger partial charge in [-0.15, -0.1) is 0 Å². The van der Waals surface area contributed by atoms with E-state index in [1.807, 2.05) is 55.6 Å². The Balaban J connectivity index is 1.24. The second kappa shape index (κ2) is 12.8. The minimum atomic E-state index is -0.147. The van der Waals surface area contributed by atoms with Crippen LogP contribution in [0.2, 0.25) is 5.02 Å². The Kier molecular flexibility index (Phi) is 8.64. The van der Waals surface area contributed by atoms with Gasteiger partial charge in [-0.25, -0.2) is 4.98 Å². The Hall–Kier alpha value is -4.27. The van der Waals surface area contributed by atoms with Gasteiger partial charge in [0.15, 0.2) is 0 Å². The average molecular weight is 608 g/mol. The molecule has 0 aliphatic carbocycles. The van der Waals surface area contributed by atoms with E-state index < -0.39 is 0 Å². The van der Waals surface area contributed by atoms with Gasteiger partial charge in [-0.05, 0) is 75.2 Å². The van der Waals surface area contributed by atoms with Gasteiger partial charge in [-0.1, -0.05) is 36.7 Å². The van der Waals surface area contributed by atoms with Crippen LogP contribution in [0.3, 0.4) is 0 Å². The van der Waals surface area contributed by atoms with E-state index in [4.69, 9.17) is 16.6 Å². The zero-order valence-electron chi connectivity index (χ0n) is 25.7. The van der Waals surface area contributed by atoms with Crippen LogP contribution in [0.1, 0.15) is 33.3 Å². The number of aryl methyl sites for hydroxylation is 2. The molecule has 1 fully saturated rings. The lowest BCUT2D eigenvalue weighted by molar-refractivity contribution is 0.209. The van der Waals surface area contributed by atoms with Crippen LogP contribution in [0.15, 0.2) is 77.9 Å². The topological polar surface area (TPSA) is 79.2 Å². The number of rotatable bonds is 8. The maximum absolute atomic E-state index is 13.7. The van der Waals surface area contributed by atoms with Gasteiger partial charge in [-0.2, -0.15) is 4.98 Å². The molecule has 9 heteroatoms. The molecule has 0 spiro atoms. The highest BCUT2D eigenvalue weighted by Gasteiger charge is 2.19. The Morgan fingerprint density at radius 3 is 2.30 bits per heavy atom. The number of nitrogens with zero attached hydrogens (tertiary/aromatic N) is 6. The van der Waals surface area contributed by atoms with E-state index in [-0.39, 0.29) is 5.56 Å². The van der Waals surface area contributed by atoms with Crippen LogP contribution in [0.25, 0.3) is 33.4 Å². The van der Waals surface area contributed by atoms with Crippen LogP contribution in [0.4, 0.5) is 17.3 Å². The normalized spacial score (nSPS) is 14.0. The Bertz CT molecular complexity index is 1830. The molecular weight excluding hydrogens is 570 g/mol. The summed E-state index contributed by atoms with van der Waals surface area (Å²) in [4.78, 5) is 32.5. The van der Waals surface area contributed by atoms with Crippen LogP contribution in [-0.4, -0.2) is 56.6 Å². The number of pyridine rings is 2. The quantitative estimate of drug-likeness (QED) is 0.203. The Morgan fingerprint density at radius 2 is 1.66 bits per heavy atom. The second-order valence-electron chi connectivity index (χ2n) is 11.5. The molecule has 226 valence electrons. The van der Waals surface area contributed by atoms with Crippen LogP contribution < -0.4 is 15.8 Å². The molecule has 8 nitrogen and oxygen atoms in total. The van der Waals surface area contributed by atoms with Crippen molar-refractivity contribution in [2.45, 2.75) is 46.7 Å². The van der Waals surface area contributed by atoms with E-state index >= 15 is 0 Å². The van der Waals surface area contributed by atoms with Crippen LogP contribution in [0.5, 0.6) is 0 Å². The molecule has 1 aliphatic heterocycles. The third kappa shape index (κ3) is 6.05. The summed E-state index contributed by atoms with van der Waals surface area (Å²) < 4.78 is 1.67. The van der Waals surface area contributed by atoms with E-state index in [0.717, 1.165) is 54.9 Å². The highest BCUT2D eigenvalue weighted by molar-refractivity contribution is 6.33. The van der Waals surface area contributed by atoms with E-state index in [9.17, 15) is 4.79 Å². The number of aromatic nitrogens is 4. The van der Waals surface area contributed by atoms with Crippen molar-refractivity contribution in [2.24, 2.45) is 0 Å².